The standard InChI is InChI=1S/C20H13IN2O3.ClH/c21-15-8-14-18(9-16(15)23)26-17-7-10(22)5-6-13(17)19(14)11-3-1-2-4-12(11)20(24)25;/h1-9,23H,22H2,(H,24,25);1H. The highest BCUT2D eigenvalue weighted by Crippen LogP contribution is 2.41. The van der Waals surface area contributed by atoms with Gasteiger partial charge in [0.1, 0.15) is 11.3 Å². The Labute approximate surface area is 174 Å². The van der Waals surface area contributed by atoms with Crippen molar-refractivity contribution in [2.24, 2.45) is 0 Å². The van der Waals surface area contributed by atoms with E-state index in [0.29, 0.717) is 28.0 Å². The van der Waals surface area contributed by atoms with Crippen LogP contribution in [0.1, 0.15) is 10.4 Å². The Morgan fingerprint density at radius 1 is 1.07 bits per heavy atom. The molecule has 1 aliphatic carbocycles. The molecule has 1 heterocycles. The van der Waals surface area contributed by atoms with Crippen molar-refractivity contribution in [1.82, 2.24) is 0 Å². The van der Waals surface area contributed by atoms with Crippen LogP contribution in [0.15, 0.2) is 59.0 Å². The van der Waals surface area contributed by atoms with Crippen molar-refractivity contribution >= 4 is 57.6 Å². The summed E-state index contributed by atoms with van der Waals surface area (Å²) in [5.74, 6) is -0.478. The van der Waals surface area contributed by atoms with Crippen molar-refractivity contribution in [3.8, 4) is 22.5 Å². The minimum absolute atomic E-state index is 0. The van der Waals surface area contributed by atoms with E-state index >= 15 is 0 Å². The number of anilines is 1. The minimum Gasteiger partial charge on any atom is -0.478 e. The maximum atomic E-state index is 11.8. The van der Waals surface area contributed by atoms with Crippen LogP contribution in [0.3, 0.4) is 0 Å². The first-order chi connectivity index (χ1) is 12.5. The molecule has 0 saturated heterocycles. The number of nitrogens with one attached hydrogen (secondary N) is 1. The van der Waals surface area contributed by atoms with Crippen LogP contribution in [0.4, 0.5) is 5.69 Å². The lowest BCUT2D eigenvalue weighted by atomic mass is 9.91. The summed E-state index contributed by atoms with van der Waals surface area (Å²) < 4.78 is 6.73. The SMILES string of the molecule is Cl.N=c1cc2oc3cc(N)ccc3c(-c3ccccc3C(=O)O)c-2cc1I. The summed E-state index contributed by atoms with van der Waals surface area (Å²) in [7, 11) is 0. The van der Waals surface area contributed by atoms with E-state index in [4.69, 9.17) is 15.6 Å². The lowest BCUT2D eigenvalue weighted by Crippen LogP contribution is -2.07. The van der Waals surface area contributed by atoms with Gasteiger partial charge < -0.3 is 15.3 Å². The predicted molar refractivity (Wildman–Crippen MR) is 115 cm³/mol. The molecule has 4 rings (SSSR count). The molecule has 0 spiro atoms. The van der Waals surface area contributed by atoms with Crippen LogP contribution in [-0.2, 0) is 0 Å². The second-order valence-corrected chi connectivity index (χ2v) is 7.07. The number of nitrogen functional groups attached to an aromatic ring is 1. The van der Waals surface area contributed by atoms with E-state index in [1.165, 1.54) is 0 Å². The molecule has 5 nitrogen and oxygen atoms in total. The van der Waals surface area contributed by atoms with Crippen LogP contribution in [0.25, 0.3) is 33.4 Å². The van der Waals surface area contributed by atoms with Crippen LogP contribution in [-0.4, -0.2) is 11.1 Å². The van der Waals surface area contributed by atoms with Crippen molar-refractivity contribution < 1.29 is 14.3 Å². The molecule has 0 saturated carbocycles. The third-order valence-electron chi connectivity index (χ3n) is 4.26. The van der Waals surface area contributed by atoms with Gasteiger partial charge >= 0.3 is 5.97 Å². The number of nitrogens with two attached hydrogens (primary N) is 1. The summed E-state index contributed by atoms with van der Waals surface area (Å²) in [6.45, 7) is 0. The normalized spacial score (nSPS) is 10.7. The fourth-order valence-corrected chi connectivity index (χ4v) is 3.57. The lowest BCUT2D eigenvalue weighted by molar-refractivity contribution is 0.0697. The number of hydrogen-bond acceptors (Lipinski definition) is 4. The second kappa shape index (κ2) is 7.21. The van der Waals surface area contributed by atoms with E-state index in [9.17, 15) is 9.90 Å². The van der Waals surface area contributed by atoms with Gasteiger partial charge in [0, 0.05) is 37.9 Å². The number of carboxylic acids is 1. The predicted octanol–water partition coefficient (Wildman–Crippen LogP) is 4.99. The Morgan fingerprint density at radius 3 is 2.56 bits per heavy atom. The molecule has 136 valence electrons. The molecule has 0 aromatic heterocycles. The van der Waals surface area contributed by atoms with E-state index in [-0.39, 0.29) is 18.0 Å². The van der Waals surface area contributed by atoms with Crippen molar-refractivity contribution in [2.75, 3.05) is 5.73 Å². The van der Waals surface area contributed by atoms with Crippen molar-refractivity contribution in [2.45, 2.75) is 0 Å². The third-order valence-corrected chi connectivity index (χ3v) is 5.15. The van der Waals surface area contributed by atoms with Crippen molar-refractivity contribution in [3.05, 3.63) is 69.1 Å². The average molecular weight is 493 g/mol. The molecule has 2 aromatic rings. The summed E-state index contributed by atoms with van der Waals surface area (Å²) >= 11 is 2.09. The smallest absolute Gasteiger partial charge is 0.336 e. The number of halogens is 2. The number of aromatic carboxylic acids is 1. The highest BCUT2D eigenvalue weighted by atomic mass is 127. The molecule has 7 heteroatoms. The van der Waals surface area contributed by atoms with Crippen LogP contribution in [0.2, 0.25) is 0 Å². The molecule has 2 aliphatic rings. The number of hydrogen-bond donors (Lipinski definition) is 3. The number of benzene rings is 3. The zero-order chi connectivity index (χ0) is 18.4. The van der Waals surface area contributed by atoms with Crippen LogP contribution < -0.4 is 11.1 Å². The Hall–Kier alpha value is -2.58. The van der Waals surface area contributed by atoms with Gasteiger partial charge in [0.25, 0.3) is 0 Å². The first-order valence-corrected chi connectivity index (χ1v) is 8.86. The lowest BCUT2D eigenvalue weighted by Gasteiger charge is -2.17. The van der Waals surface area contributed by atoms with E-state index < -0.39 is 5.97 Å². The van der Waals surface area contributed by atoms with Gasteiger partial charge in [-0.1, -0.05) is 18.2 Å². The number of fused-ring (bicyclic) bond motifs is 2. The highest BCUT2D eigenvalue weighted by molar-refractivity contribution is 14.1. The quantitative estimate of drug-likeness (QED) is 0.208. The van der Waals surface area contributed by atoms with E-state index in [1.807, 2.05) is 18.2 Å². The van der Waals surface area contributed by atoms with Gasteiger partial charge in [0.15, 0.2) is 0 Å². The van der Waals surface area contributed by atoms with Gasteiger partial charge in [-0.05, 0) is 52.4 Å². The Balaban J connectivity index is 0.00000210. The van der Waals surface area contributed by atoms with E-state index in [2.05, 4.69) is 22.6 Å². The summed E-state index contributed by atoms with van der Waals surface area (Å²) in [5, 5.41) is 18.8. The van der Waals surface area contributed by atoms with Gasteiger partial charge in [-0.25, -0.2) is 4.79 Å². The topological polar surface area (TPSA) is 100 Å². The second-order valence-electron chi connectivity index (χ2n) is 5.91. The number of carbonyl (C=O) groups is 1. The molecule has 1 aliphatic heterocycles. The summed E-state index contributed by atoms with van der Waals surface area (Å²) in [6, 6.07) is 15.7. The maximum Gasteiger partial charge on any atom is 0.336 e. The molecule has 2 aromatic carbocycles. The van der Waals surface area contributed by atoms with Crippen LogP contribution in [0.5, 0.6) is 0 Å². The first kappa shape index (κ1) is 19.2. The molecule has 0 radical (unpaired) electrons. The molecule has 4 N–H and O–H groups in total. The molecule has 27 heavy (non-hydrogen) atoms. The Bertz CT molecular complexity index is 1220. The number of rotatable bonds is 2. The largest absolute Gasteiger partial charge is 0.478 e. The van der Waals surface area contributed by atoms with E-state index in [1.54, 1.807) is 36.4 Å². The zero-order valence-electron chi connectivity index (χ0n) is 13.8. The highest BCUT2D eigenvalue weighted by Gasteiger charge is 2.21. The third kappa shape index (κ3) is 3.26. The molecule has 0 fully saturated rings. The zero-order valence-corrected chi connectivity index (χ0v) is 16.8. The fraction of sp³-hybridized carbons (Fsp3) is 0. The Morgan fingerprint density at radius 2 is 1.81 bits per heavy atom. The fourth-order valence-electron chi connectivity index (χ4n) is 3.10. The minimum atomic E-state index is -0.995. The molecular weight excluding hydrogens is 479 g/mol. The van der Waals surface area contributed by atoms with Crippen molar-refractivity contribution in [1.29, 1.82) is 5.41 Å². The molecule has 0 atom stereocenters. The Kier molecular flexibility index (Phi) is 5.12. The van der Waals surface area contributed by atoms with Gasteiger partial charge in [0.05, 0.1) is 10.9 Å². The maximum absolute atomic E-state index is 11.8. The molecular formula is C20H14ClIN2O3. The first-order valence-electron chi connectivity index (χ1n) is 7.78. The van der Waals surface area contributed by atoms with Crippen molar-refractivity contribution in [3.63, 3.8) is 0 Å². The summed E-state index contributed by atoms with van der Waals surface area (Å²) in [5.41, 5.74) is 9.33. The van der Waals surface area contributed by atoms with Gasteiger partial charge in [-0.15, -0.1) is 12.4 Å². The molecule has 0 bridgehead atoms. The van der Waals surface area contributed by atoms with Gasteiger partial charge in [-0.3, -0.25) is 5.41 Å². The molecule has 0 amide bonds. The number of carboxylic acid groups (broad SMARTS) is 1. The summed E-state index contributed by atoms with van der Waals surface area (Å²) in [6.07, 6.45) is 0. The monoisotopic (exact) mass is 492 g/mol. The van der Waals surface area contributed by atoms with Crippen LogP contribution >= 0.6 is 35.0 Å². The van der Waals surface area contributed by atoms with Gasteiger partial charge in [-0.2, -0.15) is 0 Å². The van der Waals surface area contributed by atoms with Gasteiger partial charge in [0.2, 0.25) is 0 Å². The average Bonchev–Trinajstić information content (AvgIpc) is 2.61. The molecule has 0 unspecified atom stereocenters. The van der Waals surface area contributed by atoms with E-state index in [0.717, 1.165) is 20.1 Å². The van der Waals surface area contributed by atoms with Crippen LogP contribution in [0, 0.1) is 8.98 Å². The summed E-state index contributed by atoms with van der Waals surface area (Å²) in [4.78, 5) is 11.8.